The number of nitrogens with one attached hydrogen (secondary N) is 1. The van der Waals surface area contributed by atoms with Crippen LogP contribution in [0.25, 0.3) is 0 Å². The molecule has 7 heteroatoms. The number of aliphatic hydroxyl groups is 1. The number of hydrazone groups is 1. The van der Waals surface area contributed by atoms with Gasteiger partial charge in [-0.2, -0.15) is 5.10 Å². The zero-order chi connectivity index (χ0) is 13.4. The van der Waals surface area contributed by atoms with Gasteiger partial charge in [-0.05, 0) is 25.0 Å². The third-order valence-electron chi connectivity index (χ3n) is 1.84. The Balaban J connectivity index is 2.52. The molecule has 0 bridgehead atoms. The summed E-state index contributed by atoms with van der Waals surface area (Å²) in [5.74, 6) is -0.307. The summed E-state index contributed by atoms with van der Waals surface area (Å²) in [6.45, 7) is 0.0704. The van der Waals surface area contributed by atoms with Crippen LogP contribution in [0.4, 0.5) is 18.9 Å². The van der Waals surface area contributed by atoms with Crippen LogP contribution in [0.1, 0.15) is 12.8 Å². The molecule has 2 N–H and O–H groups in total. The second-order valence-corrected chi connectivity index (χ2v) is 3.36. The lowest BCUT2D eigenvalue weighted by atomic mass is 10.3. The highest BCUT2D eigenvalue weighted by atomic mass is 19.4. The molecule has 18 heavy (non-hydrogen) atoms. The average Bonchev–Trinajstić information content (AvgIpc) is 2.27. The Kier molecular flexibility index (Phi) is 5.44. The predicted molar refractivity (Wildman–Crippen MR) is 61.6 cm³/mol. The Morgan fingerprint density at radius 3 is 2.83 bits per heavy atom. The summed E-state index contributed by atoms with van der Waals surface area (Å²) < 4.78 is 39.7. The second-order valence-electron chi connectivity index (χ2n) is 3.36. The van der Waals surface area contributed by atoms with Crippen LogP contribution in [0, 0.1) is 0 Å². The van der Waals surface area contributed by atoms with Gasteiger partial charge in [-0.1, -0.05) is 6.07 Å². The van der Waals surface area contributed by atoms with Gasteiger partial charge in [-0.25, -0.2) is 0 Å². The first-order chi connectivity index (χ1) is 8.51. The molecular formula is C11H13F3N2O2. The number of benzene rings is 1. The van der Waals surface area contributed by atoms with Gasteiger partial charge in [0.25, 0.3) is 0 Å². The van der Waals surface area contributed by atoms with E-state index < -0.39 is 6.36 Å². The van der Waals surface area contributed by atoms with E-state index in [1.807, 2.05) is 0 Å². The highest BCUT2D eigenvalue weighted by molar-refractivity contribution is 5.59. The summed E-state index contributed by atoms with van der Waals surface area (Å²) in [6, 6.07) is 5.38. The van der Waals surface area contributed by atoms with Gasteiger partial charge in [0.15, 0.2) is 0 Å². The second kappa shape index (κ2) is 6.85. The lowest BCUT2D eigenvalue weighted by Crippen LogP contribution is -2.17. The lowest BCUT2D eigenvalue weighted by Gasteiger charge is -2.09. The lowest BCUT2D eigenvalue weighted by molar-refractivity contribution is -0.274. The minimum atomic E-state index is -4.71. The molecule has 0 aliphatic rings. The highest BCUT2D eigenvalue weighted by Gasteiger charge is 2.31. The summed E-state index contributed by atoms with van der Waals surface area (Å²) >= 11 is 0. The van der Waals surface area contributed by atoms with Crippen LogP contribution >= 0.6 is 0 Å². The largest absolute Gasteiger partial charge is 0.573 e. The Labute approximate surface area is 102 Å². The minimum absolute atomic E-state index is 0.0704. The van der Waals surface area contributed by atoms with Gasteiger partial charge in [-0.3, -0.25) is 5.43 Å². The number of anilines is 1. The van der Waals surface area contributed by atoms with E-state index >= 15 is 0 Å². The van der Waals surface area contributed by atoms with Crippen molar-refractivity contribution in [2.24, 2.45) is 5.10 Å². The van der Waals surface area contributed by atoms with Crippen LogP contribution in [0.3, 0.4) is 0 Å². The van der Waals surface area contributed by atoms with Crippen LogP contribution in [0.5, 0.6) is 5.75 Å². The first-order valence-corrected chi connectivity index (χ1v) is 5.25. The molecular weight excluding hydrogens is 249 g/mol. The van der Waals surface area contributed by atoms with Crippen molar-refractivity contribution < 1.29 is 23.0 Å². The molecule has 0 aromatic heterocycles. The van der Waals surface area contributed by atoms with Gasteiger partial charge < -0.3 is 9.84 Å². The smallest absolute Gasteiger partial charge is 0.406 e. The third-order valence-corrected chi connectivity index (χ3v) is 1.84. The number of halogens is 3. The molecule has 0 spiro atoms. The van der Waals surface area contributed by atoms with Crippen LogP contribution in [0.15, 0.2) is 29.4 Å². The molecule has 1 aromatic carbocycles. The van der Waals surface area contributed by atoms with Gasteiger partial charge >= 0.3 is 6.36 Å². The summed E-state index contributed by atoms with van der Waals surface area (Å²) in [4.78, 5) is 0. The molecule has 0 amide bonds. The fourth-order valence-corrected chi connectivity index (χ4v) is 1.13. The zero-order valence-corrected chi connectivity index (χ0v) is 9.44. The Morgan fingerprint density at radius 2 is 2.17 bits per heavy atom. The molecule has 0 aliphatic carbocycles. The topological polar surface area (TPSA) is 53.9 Å². The first kappa shape index (κ1) is 14.3. The molecule has 4 nitrogen and oxygen atoms in total. The number of rotatable bonds is 6. The van der Waals surface area contributed by atoms with E-state index in [2.05, 4.69) is 15.3 Å². The molecule has 100 valence electrons. The van der Waals surface area contributed by atoms with Crippen molar-refractivity contribution in [3.05, 3.63) is 24.3 Å². The van der Waals surface area contributed by atoms with Crippen LogP contribution in [-0.4, -0.2) is 24.3 Å². The summed E-state index contributed by atoms with van der Waals surface area (Å²) in [5, 5.41) is 12.3. The molecule has 0 atom stereocenters. The monoisotopic (exact) mass is 262 g/mol. The minimum Gasteiger partial charge on any atom is -0.406 e. The van der Waals surface area contributed by atoms with Gasteiger partial charge in [0.05, 0.1) is 5.69 Å². The molecule has 0 heterocycles. The standard InChI is InChI=1S/C11H13F3N2O2/c12-11(13,14)18-10-5-3-4-9(8-10)16-15-6-1-2-7-17/h3-6,8,16-17H,1-2,7H2/b15-6-. The number of unbranched alkanes of at least 4 members (excludes halogenated alkanes) is 1. The van der Waals surface area contributed by atoms with Crippen LogP contribution in [-0.2, 0) is 0 Å². The van der Waals surface area contributed by atoms with Gasteiger partial charge in [0, 0.05) is 18.9 Å². The molecule has 0 radical (unpaired) electrons. The fraction of sp³-hybridized carbons (Fsp3) is 0.364. The highest BCUT2D eigenvalue weighted by Crippen LogP contribution is 2.24. The van der Waals surface area contributed by atoms with E-state index in [1.54, 1.807) is 6.07 Å². The van der Waals surface area contributed by atoms with Crippen molar-refractivity contribution in [1.82, 2.24) is 0 Å². The predicted octanol–water partition coefficient (Wildman–Crippen LogP) is 2.76. The van der Waals surface area contributed by atoms with Crippen molar-refractivity contribution in [3.8, 4) is 5.75 Å². The number of ether oxygens (including phenoxy) is 1. The Hall–Kier alpha value is -1.76. The zero-order valence-electron chi connectivity index (χ0n) is 9.44. The fourth-order valence-electron chi connectivity index (χ4n) is 1.13. The molecule has 0 saturated carbocycles. The molecule has 1 aromatic rings. The number of alkyl halides is 3. The van der Waals surface area contributed by atoms with E-state index in [9.17, 15) is 13.2 Å². The van der Waals surface area contributed by atoms with Crippen molar-refractivity contribution in [1.29, 1.82) is 0 Å². The van der Waals surface area contributed by atoms with Gasteiger partial charge in [0.1, 0.15) is 5.75 Å². The Bertz CT molecular complexity index is 394. The molecule has 0 unspecified atom stereocenters. The molecule has 1 rings (SSSR count). The summed E-state index contributed by atoms with van der Waals surface area (Å²) in [7, 11) is 0. The Morgan fingerprint density at radius 1 is 1.39 bits per heavy atom. The molecule has 0 aliphatic heterocycles. The van der Waals surface area contributed by atoms with Crippen molar-refractivity contribution in [2.45, 2.75) is 19.2 Å². The first-order valence-electron chi connectivity index (χ1n) is 5.25. The number of nitrogens with zero attached hydrogens (tertiary/aromatic N) is 1. The van der Waals surface area contributed by atoms with Crippen LogP contribution < -0.4 is 10.2 Å². The van der Waals surface area contributed by atoms with Crippen molar-refractivity contribution in [2.75, 3.05) is 12.0 Å². The van der Waals surface area contributed by atoms with E-state index in [0.717, 1.165) is 0 Å². The van der Waals surface area contributed by atoms with Crippen LogP contribution in [0.2, 0.25) is 0 Å². The third kappa shape index (κ3) is 6.09. The van der Waals surface area contributed by atoms with E-state index in [0.29, 0.717) is 18.5 Å². The van der Waals surface area contributed by atoms with E-state index in [4.69, 9.17) is 5.11 Å². The maximum absolute atomic E-state index is 12.0. The molecule has 0 fully saturated rings. The quantitative estimate of drug-likeness (QED) is 0.471. The maximum Gasteiger partial charge on any atom is 0.573 e. The van der Waals surface area contributed by atoms with Crippen molar-refractivity contribution in [3.63, 3.8) is 0 Å². The average molecular weight is 262 g/mol. The van der Waals surface area contributed by atoms with E-state index in [-0.39, 0.29) is 12.4 Å². The number of hydrogen-bond donors (Lipinski definition) is 2. The van der Waals surface area contributed by atoms with Gasteiger partial charge in [-0.15, -0.1) is 13.2 Å². The maximum atomic E-state index is 12.0. The number of aliphatic hydroxyl groups excluding tert-OH is 1. The summed E-state index contributed by atoms with van der Waals surface area (Å²) in [5.41, 5.74) is 2.96. The van der Waals surface area contributed by atoms with E-state index in [1.165, 1.54) is 24.4 Å². The normalized spacial score (nSPS) is 11.8. The summed E-state index contributed by atoms with van der Waals surface area (Å²) in [6.07, 6.45) is -2.00. The van der Waals surface area contributed by atoms with Gasteiger partial charge in [0.2, 0.25) is 0 Å². The SMILES string of the molecule is OCCC/C=N\Nc1cccc(OC(F)(F)F)c1. The molecule has 0 saturated heterocycles. The number of hydrogen-bond acceptors (Lipinski definition) is 4. The van der Waals surface area contributed by atoms with Crippen molar-refractivity contribution >= 4 is 11.9 Å².